The van der Waals surface area contributed by atoms with Crippen molar-refractivity contribution in [3.63, 3.8) is 0 Å². The Labute approximate surface area is 177 Å². The number of amides is 2. The number of rotatable bonds is 9. The van der Waals surface area contributed by atoms with Gasteiger partial charge in [-0.25, -0.2) is 13.1 Å². The van der Waals surface area contributed by atoms with E-state index < -0.39 is 16.1 Å². The lowest BCUT2D eigenvalue weighted by Gasteiger charge is -2.16. The van der Waals surface area contributed by atoms with Gasteiger partial charge in [-0.3, -0.25) is 9.59 Å². The molecule has 0 fully saturated rings. The molecule has 30 heavy (non-hydrogen) atoms. The first-order valence-corrected chi connectivity index (χ1v) is 11.2. The number of nitrogens with one attached hydrogen (secondary N) is 4. The summed E-state index contributed by atoms with van der Waals surface area (Å²) in [6.07, 6.45) is 0.401. The van der Waals surface area contributed by atoms with Crippen molar-refractivity contribution in [3.8, 4) is 0 Å². The molecule has 162 valence electrons. The number of carbonyl (C=O) groups excluding carboxylic acids is 2. The first kappa shape index (κ1) is 23.4. The van der Waals surface area contributed by atoms with Crippen LogP contribution in [0.15, 0.2) is 53.4 Å². The third-order valence-electron chi connectivity index (χ3n) is 4.09. The van der Waals surface area contributed by atoms with Gasteiger partial charge in [-0.05, 0) is 69.3 Å². The topological polar surface area (TPSA) is 116 Å². The zero-order valence-electron chi connectivity index (χ0n) is 17.5. The Bertz CT molecular complexity index is 971. The van der Waals surface area contributed by atoms with Crippen LogP contribution < -0.4 is 20.7 Å². The van der Waals surface area contributed by atoms with Crippen LogP contribution in [0.3, 0.4) is 0 Å². The second-order valence-corrected chi connectivity index (χ2v) is 8.85. The van der Waals surface area contributed by atoms with Gasteiger partial charge in [-0.2, -0.15) is 0 Å². The summed E-state index contributed by atoms with van der Waals surface area (Å²) in [6, 6.07) is 12.3. The average Bonchev–Trinajstić information content (AvgIpc) is 2.68. The number of benzene rings is 2. The number of hydrogen-bond acceptors (Lipinski definition) is 5. The van der Waals surface area contributed by atoms with E-state index in [9.17, 15) is 18.0 Å². The highest BCUT2D eigenvalue weighted by molar-refractivity contribution is 7.89. The highest BCUT2D eigenvalue weighted by atomic mass is 32.2. The summed E-state index contributed by atoms with van der Waals surface area (Å²) in [6.45, 7) is 6.98. The van der Waals surface area contributed by atoms with Crippen molar-refractivity contribution >= 4 is 38.9 Å². The second-order valence-electron chi connectivity index (χ2n) is 7.13. The molecule has 0 radical (unpaired) electrons. The molecule has 4 N–H and O–H groups in total. The van der Waals surface area contributed by atoms with Gasteiger partial charge in [0.1, 0.15) is 6.04 Å². The van der Waals surface area contributed by atoms with Crippen LogP contribution in [-0.4, -0.2) is 32.3 Å². The molecular formula is C21H28N4O4S. The lowest BCUT2D eigenvalue weighted by atomic mass is 10.2. The summed E-state index contributed by atoms with van der Waals surface area (Å²) in [5.41, 5.74) is 1.91. The molecule has 0 saturated carbocycles. The van der Waals surface area contributed by atoms with Gasteiger partial charge in [0.25, 0.3) is 0 Å². The molecule has 2 aromatic rings. The van der Waals surface area contributed by atoms with E-state index in [-0.39, 0.29) is 22.8 Å². The Hall–Kier alpha value is -2.91. The maximum atomic E-state index is 12.4. The predicted octanol–water partition coefficient (Wildman–Crippen LogP) is 3.16. The van der Waals surface area contributed by atoms with Crippen LogP contribution in [-0.2, 0) is 19.6 Å². The lowest BCUT2D eigenvalue weighted by molar-refractivity contribution is -0.117. The van der Waals surface area contributed by atoms with E-state index in [1.807, 2.05) is 0 Å². The molecular weight excluding hydrogens is 404 g/mol. The third-order valence-corrected chi connectivity index (χ3v) is 5.76. The molecule has 1 atom stereocenters. The lowest BCUT2D eigenvalue weighted by Crippen LogP contribution is -2.32. The largest absolute Gasteiger partial charge is 0.374 e. The van der Waals surface area contributed by atoms with E-state index in [1.54, 1.807) is 64.1 Å². The summed E-state index contributed by atoms with van der Waals surface area (Å²) in [5, 5.41) is 8.60. The minimum absolute atomic E-state index is 0.0674. The predicted molar refractivity (Wildman–Crippen MR) is 119 cm³/mol. The quantitative estimate of drug-likeness (QED) is 0.486. The van der Waals surface area contributed by atoms with Gasteiger partial charge >= 0.3 is 0 Å². The van der Waals surface area contributed by atoms with E-state index in [1.165, 1.54) is 12.1 Å². The number of hydrogen-bond donors (Lipinski definition) is 4. The highest BCUT2D eigenvalue weighted by Crippen LogP contribution is 2.17. The van der Waals surface area contributed by atoms with Gasteiger partial charge in [-0.15, -0.1) is 0 Å². The van der Waals surface area contributed by atoms with Crippen molar-refractivity contribution < 1.29 is 18.0 Å². The van der Waals surface area contributed by atoms with Crippen LogP contribution in [0.1, 0.15) is 34.1 Å². The minimum Gasteiger partial charge on any atom is -0.374 e. The normalized spacial score (nSPS) is 12.3. The molecule has 0 heterocycles. The standard InChI is InChI=1S/C21H28N4O4S/c1-5-20(26)23-17-8-6-16(7-9-17)22-15(4)21(27)24-18-10-12-19(13-11-18)30(28,29)25-14(2)3/h6-15,22,25H,5H2,1-4H3,(H,23,26)(H,24,27). The summed E-state index contributed by atoms with van der Waals surface area (Å²) in [4.78, 5) is 24.0. The van der Waals surface area contributed by atoms with E-state index in [4.69, 9.17) is 0 Å². The van der Waals surface area contributed by atoms with Gasteiger partial charge in [0, 0.05) is 29.5 Å². The highest BCUT2D eigenvalue weighted by Gasteiger charge is 2.16. The molecule has 2 rings (SSSR count). The fourth-order valence-corrected chi connectivity index (χ4v) is 3.81. The molecule has 1 unspecified atom stereocenters. The first-order valence-electron chi connectivity index (χ1n) is 9.70. The molecule has 0 bridgehead atoms. The maximum absolute atomic E-state index is 12.4. The molecule has 2 aromatic carbocycles. The number of sulfonamides is 1. The Kier molecular flexibility index (Phi) is 7.96. The van der Waals surface area contributed by atoms with Gasteiger partial charge in [0.05, 0.1) is 4.90 Å². The van der Waals surface area contributed by atoms with Crippen LogP contribution in [0.4, 0.5) is 17.1 Å². The fourth-order valence-electron chi connectivity index (χ4n) is 2.56. The zero-order valence-corrected chi connectivity index (χ0v) is 18.3. The molecule has 0 aromatic heterocycles. The Morgan fingerprint density at radius 1 is 0.833 bits per heavy atom. The SMILES string of the molecule is CCC(=O)Nc1ccc(NC(C)C(=O)Nc2ccc(S(=O)(=O)NC(C)C)cc2)cc1. The van der Waals surface area contributed by atoms with Crippen molar-refractivity contribution in [2.45, 2.75) is 51.1 Å². The van der Waals surface area contributed by atoms with E-state index in [2.05, 4.69) is 20.7 Å². The van der Waals surface area contributed by atoms with Crippen LogP contribution >= 0.6 is 0 Å². The summed E-state index contributed by atoms with van der Waals surface area (Å²) >= 11 is 0. The Morgan fingerprint density at radius 2 is 1.33 bits per heavy atom. The summed E-state index contributed by atoms with van der Waals surface area (Å²) < 4.78 is 26.8. The Morgan fingerprint density at radius 3 is 1.87 bits per heavy atom. The van der Waals surface area contributed by atoms with E-state index in [0.717, 1.165) is 5.69 Å². The summed E-state index contributed by atoms with van der Waals surface area (Å²) in [5.74, 6) is -0.337. The zero-order chi connectivity index (χ0) is 22.3. The van der Waals surface area contributed by atoms with Crippen LogP contribution in [0.5, 0.6) is 0 Å². The van der Waals surface area contributed by atoms with Crippen molar-refractivity contribution in [1.29, 1.82) is 0 Å². The molecule has 0 aliphatic rings. The smallest absolute Gasteiger partial charge is 0.246 e. The van der Waals surface area contributed by atoms with E-state index >= 15 is 0 Å². The van der Waals surface area contributed by atoms with Crippen LogP contribution in [0, 0.1) is 0 Å². The number of anilines is 3. The summed E-state index contributed by atoms with van der Waals surface area (Å²) in [7, 11) is -3.58. The van der Waals surface area contributed by atoms with Crippen molar-refractivity contribution in [3.05, 3.63) is 48.5 Å². The van der Waals surface area contributed by atoms with Gasteiger partial charge < -0.3 is 16.0 Å². The molecule has 8 nitrogen and oxygen atoms in total. The van der Waals surface area contributed by atoms with Crippen LogP contribution in [0.2, 0.25) is 0 Å². The van der Waals surface area contributed by atoms with Gasteiger partial charge in [0.15, 0.2) is 0 Å². The second kappa shape index (κ2) is 10.2. The molecule has 0 saturated heterocycles. The molecule has 9 heteroatoms. The van der Waals surface area contributed by atoms with E-state index in [0.29, 0.717) is 17.8 Å². The third kappa shape index (κ3) is 6.85. The monoisotopic (exact) mass is 432 g/mol. The number of carbonyl (C=O) groups is 2. The molecule has 2 amide bonds. The average molecular weight is 433 g/mol. The van der Waals surface area contributed by atoms with Crippen molar-refractivity contribution in [1.82, 2.24) is 4.72 Å². The van der Waals surface area contributed by atoms with Crippen LogP contribution in [0.25, 0.3) is 0 Å². The Balaban J connectivity index is 1.95. The first-order chi connectivity index (χ1) is 14.1. The fraction of sp³-hybridized carbons (Fsp3) is 0.333. The minimum atomic E-state index is -3.58. The molecule has 0 aliphatic heterocycles. The van der Waals surface area contributed by atoms with Crippen molar-refractivity contribution in [2.75, 3.05) is 16.0 Å². The molecule has 0 aliphatic carbocycles. The maximum Gasteiger partial charge on any atom is 0.246 e. The molecule has 0 spiro atoms. The van der Waals surface area contributed by atoms with Gasteiger partial charge in [-0.1, -0.05) is 6.92 Å². The van der Waals surface area contributed by atoms with Gasteiger partial charge in [0.2, 0.25) is 21.8 Å². The van der Waals surface area contributed by atoms with Crippen molar-refractivity contribution in [2.24, 2.45) is 0 Å².